The van der Waals surface area contributed by atoms with Crippen molar-refractivity contribution in [2.24, 2.45) is 0 Å². The third kappa shape index (κ3) is 3.50. The fraction of sp³-hybridized carbons (Fsp3) is 0.455. The maximum absolute atomic E-state index is 2.46. The van der Waals surface area contributed by atoms with Crippen molar-refractivity contribution >= 4 is 11.9 Å². The number of benzene rings is 1. The van der Waals surface area contributed by atoms with Crippen LogP contribution in [0, 0.1) is 0 Å². The Labute approximate surface area is 95.2 Å². The molecule has 1 aromatic carbocycles. The molecule has 0 spiro atoms. The van der Waals surface area contributed by atoms with Gasteiger partial charge in [-0.25, -0.2) is 4.31 Å². The molecule has 1 aliphatic rings. The predicted molar refractivity (Wildman–Crippen MR) is 65.9 cm³/mol. The Morgan fingerprint density at radius 1 is 1.20 bits per heavy atom. The van der Waals surface area contributed by atoms with Gasteiger partial charge >= 0.3 is 0 Å². The smallest absolute Gasteiger partial charge is 0.0343 e. The van der Waals surface area contributed by atoms with Crippen molar-refractivity contribution in [3.05, 3.63) is 35.4 Å². The molecule has 2 rings (SSSR count). The first kappa shape index (κ1) is 14.5. The topological polar surface area (TPSA) is 66.2 Å². The largest absolute Gasteiger partial charge is 0.412 e. The molecule has 0 unspecified atom stereocenters. The molecule has 4 N–H and O–H groups in total. The van der Waals surface area contributed by atoms with Gasteiger partial charge in [-0.1, -0.05) is 43.1 Å². The number of hydrogen-bond donors (Lipinski definition) is 0. The molecule has 0 aromatic heterocycles. The Morgan fingerprint density at radius 3 is 2.53 bits per heavy atom. The van der Waals surface area contributed by atoms with Crippen LogP contribution in [0.4, 0.5) is 0 Å². The second-order valence-electron chi connectivity index (χ2n) is 3.30. The van der Waals surface area contributed by atoms with Gasteiger partial charge in [0.05, 0.1) is 0 Å². The van der Waals surface area contributed by atoms with Crippen LogP contribution in [0.3, 0.4) is 0 Å². The summed E-state index contributed by atoms with van der Waals surface area (Å²) in [7, 11) is 0. The van der Waals surface area contributed by atoms with E-state index in [0.29, 0.717) is 0 Å². The van der Waals surface area contributed by atoms with Gasteiger partial charge in [-0.15, -0.1) is 0 Å². The number of nitrogens with zero attached hydrogens (tertiary/aromatic N) is 1. The van der Waals surface area contributed by atoms with Gasteiger partial charge in [-0.2, -0.15) is 0 Å². The van der Waals surface area contributed by atoms with E-state index in [-0.39, 0.29) is 11.0 Å². The summed E-state index contributed by atoms with van der Waals surface area (Å²) in [6.45, 7) is 4.54. The van der Waals surface area contributed by atoms with Crippen molar-refractivity contribution < 1.29 is 11.0 Å². The first-order valence-electron chi connectivity index (χ1n) is 4.85. The zero-order valence-corrected chi connectivity index (χ0v) is 9.81. The normalized spacial score (nSPS) is 14.7. The van der Waals surface area contributed by atoms with Crippen LogP contribution in [0.5, 0.6) is 0 Å². The van der Waals surface area contributed by atoms with Gasteiger partial charge < -0.3 is 11.0 Å². The second-order valence-corrected chi connectivity index (χ2v) is 4.65. The second kappa shape index (κ2) is 6.85. The number of fused-ring (bicyclic) bond motifs is 1. The maximum Gasteiger partial charge on any atom is 0.0343 e. The summed E-state index contributed by atoms with van der Waals surface area (Å²) in [5.41, 5.74) is 3.05. The van der Waals surface area contributed by atoms with E-state index in [4.69, 9.17) is 0 Å². The minimum atomic E-state index is 0. The van der Waals surface area contributed by atoms with Gasteiger partial charge in [-0.3, -0.25) is 0 Å². The van der Waals surface area contributed by atoms with Gasteiger partial charge in [0.1, 0.15) is 0 Å². The predicted octanol–water partition coefficient (Wildman–Crippen LogP) is 1.06. The summed E-state index contributed by atoms with van der Waals surface area (Å²) < 4.78 is 2.46. The van der Waals surface area contributed by atoms with Crippen LogP contribution in [0.1, 0.15) is 18.1 Å². The average Bonchev–Trinajstić information content (AvgIpc) is 2.18. The van der Waals surface area contributed by atoms with Crippen molar-refractivity contribution in [3.63, 3.8) is 0 Å². The van der Waals surface area contributed by atoms with E-state index in [1.807, 2.05) is 11.9 Å². The zero-order valence-electron chi connectivity index (χ0n) is 8.99. The molecule has 0 atom stereocenters. The molecule has 0 amide bonds. The minimum Gasteiger partial charge on any atom is -0.412 e. The Morgan fingerprint density at radius 2 is 1.87 bits per heavy atom. The highest BCUT2D eigenvalue weighted by atomic mass is 32.2. The van der Waals surface area contributed by atoms with Crippen LogP contribution in [-0.2, 0) is 13.0 Å². The van der Waals surface area contributed by atoms with Crippen LogP contribution in [0.2, 0.25) is 0 Å². The minimum absolute atomic E-state index is 0. The number of hydrogen-bond acceptors (Lipinski definition) is 2. The molecule has 0 radical (unpaired) electrons. The molecular weight excluding hydrogens is 210 g/mol. The van der Waals surface area contributed by atoms with E-state index >= 15 is 0 Å². The van der Waals surface area contributed by atoms with Crippen molar-refractivity contribution in [2.45, 2.75) is 19.9 Å². The molecular formula is C11H19NO2S. The third-order valence-corrected chi connectivity index (χ3v) is 3.34. The Hall–Kier alpha value is -0.550. The molecule has 0 fully saturated rings. The van der Waals surface area contributed by atoms with Gasteiger partial charge in [0, 0.05) is 18.8 Å². The quantitative estimate of drug-likeness (QED) is 0.712. The van der Waals surface area contributed by atoms with E-state index in [1.165, 1.54) is 29.8 Å². The lowest BCUT2D eigenvalue weighted by Crippen LogP contribution is -2.24. The highest BCUT2D eigenvalue weighted by Crippen LogP contribution is 2.23. The lowest BCUT2D eigenvalue weighted by molar-refractivity contribution is 0.444. The maximum atomic E-state index is 2.46. The molecule has 1 heterocycles. The highest BCUT2D eigenvalue weighted by Gasteiger charge is 2.14. The lowest BCUT2D eigenvalue weighted by atomic mass is 10.0. The fourth-order valence-corrected chi connectivity index (χ4v) is 2.58. The van der Waals surface area contributed by atoms with E-state index in [0.717, 1.165) is 6.54 Å². The molecule has 0 bridgehead atoms. The molecule has 4 heteroatoms. The zero-order chi connectivity index (χ0) is 9.10. The Kier molecular flexibility index (Phi) is 6.60. The summed E-state index contributed by atoms with van der Waals surface area (Å²) in [5, 5.41) is 0. The van der Waals surface area contributed by atoms with Crippen LogP contribution < -0.4 is 0 Å². The molecule has 0 saturated heterocycles. The Balaban J connectivity index is 0.000000980. The van der Waals surface area contributed by atoms with E-state index in [9.17, 15) is 0 Å². The molecule has 86 valence electrons. The van der Waals surface area contributed by atoms with E-state index < -0.39 is 0 Å². The van der Waals surface area contributed by atoms with Gasteiger partial charge in [0.25, 0.3) is 0 Å². The van der Waals surface area contributed by atoms with Crippen molar-refractivity contribution in [3.8, 4) is 0 Å². The molecule has 0 saturated carbocycles. The van der Waals surface area contributed by atoms with E-state index in [2.05, 4.69) is 35.5 Å². The molecule has 1 aliphatic heterocycles. The van der Waals surface area contributed by atoms with Crippen LogP contribution in [0.15, 0.2) is 24.3 Å². The first-order chi connectivity index (χ1) is 6.40. The summed E-state index contributed by atoms with van der Waals surface area (Å²) in [6, 6.07) is 8.78. The van der Waals surface area contributed by atoms with Gasteiger partial charge in [0.15, 0.2) is 0 Å². The first-order valence-corrected chi connectivity index (χ1v) is 5.79. The molecule has 1 aromatic rings. The Bertz CT molecular complexity index is 294. The SMILES string of the molecule is CCSN1CCc2ccccc2C1.O.O. The van der Waals surface area contributed by atoms with Crippen LogP contribution in [-0.4, -0.2) is 27.6 Å². The van der Waals surface area contributed by atoms with Crippen molar-refractivity contribution in [2.75, 3.05) is 12.3 Å². The summed E-state index contributed by atoms with van der Waals surface area (Å²) >= 11 is 1.95. The fourth-order valence-electron chi connectivity index (χ4n) is 1.76. The third-order valence-electron chi connectivity index (χ3n) is 2.41. The monoisotopic (exact) mass is 229 g/mol. The van der Waals surface area contributed by atoms with Gasteiger partial charge in [0.2, 0.25) is 0 Å². The summed E-state index contributed by atoms with van der Waals surface area (Å²) in [4.78, 5) is 0. The van der Waals surface area contributed by atoms with Crippen molar-refractivity contribution in [1.82, 2.24) is 4.31 Å². The van der Waals surface area contributed by atoms with Crippen molar-refractivity contribution in [1.29, 1.82) is 0 Å². The number of rotatable bonds is 2. The highest BCUT2D eigenvalue weighted by molar-refractivity contribution is 7.96. The van der Waals surface area contributed by atoms with Gasteiger partial charge in [-0.05, 0) is 17.5 Å². The lowest BCUT2D eigenvalue weighted by Gasteiger charge is -2.27. The average molecular weight is 229 g/mol. The summed E-state index contributed by atoms with van der Waals surface area (Å²) in [5.74, 6) is 1.18. The molecule has 15 heavy (non-hydrogen) atoms. The van der Waals surface area contributed by atoms with E-state index in [1.54, 1.807) is 0 Å². The molecule has 0 aliphatic carbocycles. The summed E-state index contributed by atoms with van der Waals surface area (Å²) in [6.07, 6.45) is 1.21. The van der Waals surface area contributed by atoms with Crippen LogP contribution >= 0.6 is 11.9 Å². The molecule has 3 nitrogen and oxygen atoms in total. The standard InChI is InChI=1S/C11H15NS.2H2O/c1-2-13-12-8-7-10-5-3-4-6-11(10)9-12;;/h3-6H,2,7-9H2,1H3;2*1H2. The van der Waals surface area contributed by atoms with Crippen LogP contribution in [0.25, 0.3) is 0 Å².